The highest BCUT2D eigenvalue weighted by Crippen LogP contribution is 2.26. The van der Waals surface area contributed by atoms with Crippen molar-refractivity contribution in [3.05, 3.63) is 28.8 Å². The molecule has 0 spiro atoms. The van der Waals surface area contributed by atoms with Gasteiger partial charge < -0.3 is 5.32 Å². The average molecular weight is 367 g/mol. The number of anilines is 1. The summed E-state index contributed by atoms with van der Waals surface area (Å²) in [7, 11) is -3.17. The Morgan fingerprint density at radius 2 is 1.72 bits per heavy atom. The number of nitrogens with zero attached hydrogens (tertiary/aromatic N) is 1. The Labute approximate surface area is 151 Å². The molecule has 0 saturated carbocycles. The van der Waals surface area contributed by atoms with Crippen molar-refractivity contribution in [1.29, 1.82) is 0 Å². The molecule has 1 fully saturated rings. The number of carbonyl (C=O) groups excluding carboxylic acids is 1. The molecule has 1 amide bonds. The fourth-order valence-corrected chi connectivity index (χ4v) is 5.13. The van der Waals surface area contributed by atoms with Crippen molar-refractivity contribution in [2.45, 2.75) is 53.4 Å². The molecule has 5 nitrogen and oxygen atoms in total. The Morgan fingerprint density at radius 3 is 2.24 bits per heavy atom. The van der Waals surface area contributed by atoms with E-state index >= 15 is 0 Å². The number of hydrogen-bond acceptors (Lipinski definition) is 3. The van der Waals surface area contributed by atoms with E-state index in [2.05, 4.69) is 17.4 Å². The first-order valence-electron chi connectivity index (χ1n) is 9.11. The number of carbonyl (C=O) groups is 1. The third kappa shape index (κ3) is 5.05. The van der Waals surface area contributed by atoms with E-state index in [0.717, 1.165) is 23.2 Å². The van der Waals surface area contributed by atoms with E-state index in [9.17, 15) is 13.2 Å². The van der Waals surface area contributed by atoms with Crippen LogP contribution in [0, 0.1) is 26.7 Å². The van der Waals surface area contributed by atoms with Crippen LogP contribution in [0.1, 0.15) is 49.3 Å². The van der Waals surface area contributed by atoms with Gasteiger partial charge in [-0.3, -0.25) is 4.79 Å². The number of unbranched alkanes of at least 4 members (excludes halogenated alkanes) is 1. The maximum absolute atomic E-state index is 12.6. The lowest BCUT2D eigenvalue weighted by Gasteiger charge is -2.30. The van der Waals surface area contributed by atoms with Crippen LogP contribution in [0.2, 0.25) is 0 Å². The molecule has 25 heavy (non-hydrogen) atoms. The summed E-state index contributed by atoms with van der Waals surface area (Å²) >= 11 is 0. The van der Waals surface area contributed by atoms with Gasteiger partial charge in [0, 0.05) is 24.7 Å². The number of amides is 1. The monoisotopic (exact) mass is 366 g/mol. The van der Waals surface area contributed by atoms with Gasteiger partial charge in [-0.05, 0) is 51.2 Å². The fourth-order valence-electron chi connectivity index (χ4n) is 3.45. The Bertz CT molecular complexity index is 697. The molecule has 1 saturated heterocycles. The fraction of sp³-hybridized carbons (Fsp3) is 0.632. The topological polar surface area (TPSA) is 66.5 Å². The standard InChI is InChI=1S/C19H30N2O3S/c1-5-6-11-25(23,24)21-9-7-17(8-10-21)19(22)20-18-15(3)12-14(2)13-16(18)4/h12-13,17H,5-11H2,1-4H3,(H,20,22). The summed E-state index contributed by atoms with van der Waals surface area (Å²) in [5.74, 6) is 0.0839. The van der Waals surface area contributed by atoms with Crippen molar-refractivity contribution >= 4 is 21.6 Å². The van der Waals surface area contributed by atoms with E-state index in [1.807, 2.05) is 27.7 Å². The largest absolute Gasteiger partial charge is 0.325 e. The van der Waals surface area contributed by atoms with E-state index in [-0.39, 0.29) is 17.6 Å². The van der Waals surface area contributed by atoms with E-state index in [1.165, 1.54) is 5.56 Å². The van der Waals surface area contributed by atoms with Crippen molar-refractivity contribution in [2.75, 3.05) is 24.2 Å². The van der Waals surface area contributed by atoms with E-state index in [0.29, 0.717) is 32.4 Å². The molecule has 1 N–H and O–H groups in total. The van der Waals surface area contributed by atoms with Crippen LogP contribution < -0.4 is 5.32 Å². The lowest BCUT2D eigenvalue weighted by molar-refractivity contribution is -0.120. The average Bonchev–Trinajstić information content (AvgIpc) is 2.56. The van der Waals surface area contributed by atoms with Crippen molar-refractivity contribution in [3.8, 4) is 0 Å². The first kappa shape index (κ1) is 19.9. The number of nitrogens with one attached hydrogen (secondary N) is 1. The second kappa shape index (κ2) is 8.32. The maximum Gasteiger partial charge on any atom is 0.227 e. The third-order valence-electron chi connectivity index (χ3n) is 4.90. The predicted molar refractivity (Wildman–Crippen MR) is 102 cm³/mol. The zero-order chi connectivity index (χ0) is 18.6. The van der Waals surface area contributed by atoms with Gasteiger partial charge in [-0.15, -0.1) is 0 Å². The van der Waals surface area contributed by atoms with Crippen LogP contribution in [0.5, 0.6) is 0 Å². The van der Waals surface area contributed by atoms with Crippen LogP contribution in [-0.4, -0.2) is 37.5 Å². The molecule has 0 unspecified atom stereocenters. The van der Waals surface area contributed by atoms with Gasteiger partial charge in [0.05, 0.1) is 5.75 Å². The minimum atomic E-state index is -3.17. The maximum atomic E-state index is 12.6. The molecule has 0 bridgehead atoms. The van der Waals surface area contributed by atoms with E-state index in [4.69, 9.17) is 0 Å². The van der Waals surface area contributed by atoms with E-state index in [1.54, 1.807) is 4.31 Å². The van der Waals surface area contributed by atoms with E-state index < -0.39 is 10.0 Å². The van der Waals surface area contributed by atoms with Crippen LogP contribution in [0.25, 0.3) is 0 Å². The van der Waals surface area contributed by atoms with Gasteiger partial charge in [0.1, 0.15) is 0 Å². The highest BCUT2D eigenvalue weighted by atomic mass is 32.2. The summed E-state index contributed by atoms with van der Waals surface area (Å²) in [6.07, 6.45) is 2.73. The van der Waals surface area contributed by atoms with Gasteiger partial charge in [0.2, 0.25) is 15.9 Å². The number of aryl methyl sites for hydroxylation is 3. The molecular weight excluding hydrogens is 336 g/mol. The Balaban J connectivity index is 1.96. The first-order valence-corrected chi connectivity index (χ1v) is 10.7. The molecule has 0 aliphatic carbocycles. The lowest BCUT2D eigenvalue weighted by atomic mass is 9.96. The van der Waals surface area contributed by atoms with Gasteiger partial charge >= 0.3 is 0 Å². The number of benzene rings is 1. The minimum Gasteiger partial charge on any atom is -0.325 e. The smallest absolute Gasteiger partial charge is 0.227 e. The SMILES string of the molecule is CCCCS(=O)(=O)N1CCC(C(=O)Nc2c(C)cc(C)cc2C)CC1. The number of sulfonamides is 1. The van der Waals surface area contributed by atoms with Crippen LogP contribution in [0.3, 0.4) is 0 Å². The molecule has 2 rings (SSSR count). The Hall–Kier alpha value is -1.40. The van der Waals surface area contributed by atoms with Gasteiger partial charge in [0.25, 0.3) is 0 Å². The zero-order valence-corrected chi connectivity index (χ0v) is 16.6. The predicted octanol–water partition coefficient (Wildman–Crippen LogP) is 3.39. The summed E-state index contributed by atoms with van der Waals surface area (Å²) in [4.78, 5) is 12.6. The Kier molecular flexibility index (Phi) is 6.63. The van der Waals surface area contributed by atoms with Crippen LogP contribution >= 0.6 is 0 Å². The molecule has 6 heteroatoms. The summed E-state index contributed by atoms with van der Waals surface area (Å²) in [5.41, 5.74) is 4.18. The molecule has 1 aromatic rings. The first-order chi connectivity index (χ1) is 11.7. The summed E-state index contributed by atoms with van der Waals surface area (Å²) in [6, 6.07) is 4.12. The molecule has 0 aromatic heterocycles. The molecule has 1 aliphatic rings. The highest BCUT2D eigenvalue weighted by Gasteiger charge is 2.31. The molecule has 0 atom stereocenters. The van der Waals surface area contributed by atoms with Gasteiger partial charge in [-0.1, -0.05) is 31.0 Å². The van der Waals surface area contributed by atoms with Crippen molar-refractivity contribution in [2.24, 2.45) is 5.92 Å². The van der Waals surface area contributed by atoms with Crippen molar-refractivity contribution < 1.29 is 13.2 Å². The summed E-state index contributed by atoms with van der Waals surface area (Å²) in [5, 5.41) is 3.06. The van der Waals surface area contributed by atoms with Gasteiger partial charge in [-0.25, -0.2) is 12.7 Å². The zero-order valence-electron chi connectivity index (χ0n) is 15.8. The lowest BCUT2D eigenvalue weighted by Crippen LogP contribution is -2.42. The normalized spacial score (nSPS) is 16.8. The molecule has 0 radical (unpaired) electrons. The van der Waals surface area contributed by atoms with Crippen molar-refractivity contribution in [1.82, 2.24) is 4.31 Å². The summed E-state index contributed by atoms with van der Waals surface area (Å²) in [6.45, 7) is 8.91. The minimum absolute atomic E-state index is 0.000610. The number of piperidine rings is 1. The van der Waals surface area contributed by atoms with Gasteiger partial charge in [-0.2, -0.15) is 0 Å². The third-order valence-corrected chi connectivity index (χ3v) is 6.86. The summed E-state index contributed by atoms with van der Waals surface area (Å²) < 4.78 is 26.1. The molecule has 1 aromatic carbocycles. The second-order valence-electron chi connectivity index (χ2n) is 7.11. The highest BCUT2D eigenvalue weighted by molar-refractivity contribution is 7.89. The molecular formula is C19H30N2O3S. The van der Waals surface area contributed by atoms with Crippen molar-refractivity contribution in [3.63, 3.8) is 0 Å². The Morgan fingerprint density at radius 1 is 1.16 bits per heavy atom. The molecule has 140 valence electrons. The number of rotatable bonds is 6. The quantitative estimate of drug-likeness (QED) is 0.839. The number of hydrogen-bond donors (Lipinski definition) is 1. The van der Waals surface area contributed by atoms with Crippen LogP contribution in [-0.2, 0) is 14.8 Å². The van der Waals surface area contributed by atoms with Crippen LogP contribution in [0.15, 0.2) is 12.1 Å². The van der Waals surface area contributed by atoms with Crippen LogP contribution in [0.4, 0.5) is 5.69 Å². The molecule has 1 heterocycles. The molecule has 1 aliphatic heterocycles. The second-order valence-corrected chi connectivity index (χ2v) is 9.19. The van der Waals surface area contributed by atoms with Gasteiger partial charge in [0.15, 0.2) is 0 Å².